The highest BCUT2D eigenvalue weighted by atomic mass is 35.5. The lowest BCUT2D eigenvalue weighted by Gasteiger charge is -2.36. The number of anilines is 1. The first-order chi connectivity index (χ1) is 10.0. The van der Waals surface area contributed by atoms with Crippen LogP contribution in [0.2, 0.25) is 5.28 Å². The van der Waals surface area contributed by atoms with Crippen molar-refractivity contribution < 1.29 is 9.90 Å². The summed E-state index contributed by atoms with van der Waals surface area (Å²) in [6.07, 6.45) is 1.70. The Morgan fingerprint density at radius 2 is 2.38 bits per heavy atom. The number of carboxylic acid groups (broad SMARTS) is 1. The molecule has 1 aliphatic heterocycles. The number of fused-ring (bicyclic) bond motifs is 1. The molecule has 2 aromatic heterocycles. The SMILES string of the molecule is CC1CCN(C(=O)O)CC1Nc1nc(Cl)nc2[nH]ccc12. The van der Waals surface area contributed by atoms with E-state index in [4.69, 9.17) is 16.7 Å². The molecule has 0 radical (unpaired) electrons. The molecule has 0 bridgehead atoms. The van der Waals surface area contributed by atoms with Crippen molar-refractivity contribution in [3.63, 3.8) is 0 Å². The molecule has 0 aliphatic carbocycles. The van der Waals surface area contributed by atoms with Gasteiger partial charge in [-0.1, -0.05) is 6.92 Å². The van der Waals surface area contributed by atoms with E-state index in [1.807, 2.05) is 6.07 Å². The standard InChI is InChI=1S/C13H16ClN5O2/c1-7-3-5-19(13(20)21)6-9(7)16-11-8-2-4-15-10(8)17-12(14)18-11/h2,4,7,9H,3,5-6H2,1H3,(H,20,21)(H2,15,16,17,18). The van der Waals surface area contributed by atoms with Gasteiger partial charge >= 0.3 is 6.09 Å². The van der Waals surface area contributed by atoms with Gasteiger partial charge in [-0.05, 0) is 30.0 Å². The zero-order valence-corrected chi connectivity index (χ0v) is 12.3. The number of H-pyrrole nitrogens is 1. The van der Waals surface area contributed by atoms with Gasteiger partial charge in [0.05, 0.1) is 5.39 Å². The van der Waals surface area contributed by atoms with Crippen molar-refractivity contribution in [2.45, 2.75) is 19.4 Å². The summed E-state index contributed by atoms with van der Waals surface area (Å²) in [7, 11) is 0. The molecule has 0 saturated carbocycles. The number of aromatic amines is 1. The number of amides is 1. The second-order valence-electron chi connectivity index (χ2n) is 5.33. The van der Waals surface area contributed by atoms with Gasteiger partial charge in [0.2, 0.25) is 5.28 Å². The van der Waals surface area contributed by atoms with Gasteiger partial charge in [0.25, 0.3) is 0 Å². The molecule has 112 valence electrons. The van der Waals surface area contributed by atoms with Crippen LogP contribution in [-0.4, -0.2) is 50.2 Å². The van der Waals surface area contributed by atoms with Crippen LogP contribution >= 0.6 is 11.6 Å². The highest BCUT2D eigenvalue weighted by molar-refractivity contribution is 6.28. The third-order valence-corrected chi connectivity index (χ3v) is 4.11. The van der Waals surface area contributed by atoms with Crippen LogP contribution in [0.5, 0.6) is 0 Å². The lowest BCUT2D eigenvalue weighted by molar-refractivity contribution is 0.122. The molecule has 3 rings (SSSR count). The normalized spacial score (nSPS) is 22.5. The van der Waals surface area contributed by atoms with E-state index < -0.39 is 6.09 Å². The number of aromatic nitrogens is 3. The quantitative estimate of drug-likeness (QED) is 0.741. The van der Waals surface area contributed by atoms with Crippen LogP contribution in [0.1, 0.15) is 13.3 Å². The predicted molar refractivity (Wildman–Crippen MR) is 79.7 cm³/mol. The fraction of sp³-hybridized carbons (Fsp3) is 0.462. The van der Waals surface area contributed by atoms with Crippen molar-refractivity contribution in [2.24, 2.45) is 5.92 Å². The van der Waals surface area contributed by atoms with E-state index in [2.05, 4.69) is 27.2 Å². The number of nitrogens with zero attached hydrogens (tertiary/aromatic N) is 3. The molecule has 3 heterocycles. The second kappa shape index (κ2) is 5.40. The molecule has 1 fully saturated rings. The molecular weight excluding hydrogens is 294 g/mol. The summed E-state index contributed by atoms with van der Waals surface area (Å²) >= 11 is 5.93. The molecule has 3 N–H and O–H groups in total. The number of hydrogen-bond donors (Lipinski definition) is 3. The molecular formula is C13H16ClN5O2. The Balaban J connectivity index is 1.86. The second-order valence-corrected chi connectivity index (χ2v) is 5.66. The van der Waals surface area contributed by atoms with E-state index >= 15 is 0 Å². The fourth-order valence-corrected chi connectivity index (χ4v) is 2.80. The van der Waals surface area contributed by atoms with Gasteiger partial charge in [0, 0.05) is 25.3 Å². The van der Waals surface area contributed by atoms with Crippen molar-refractivity contribution in [3.8, 4) is 0 Å². The van der Waals surface area contributed by atoms with Crippen molar-refractivity contribution in [1.29, 1.82) is 0 Å². The molecule has 21 heavy (non-hydrogen) atoms. The minimum Gasteiger partial charge on any atom is -0.465 e. The highest BCUT2D eigenvalue weighted by Gasteiger charge is 2.29. The average Bonchev–Trinajstić information content (AvgIpc) is 2.89. The molecule has 1 amide bonds. The third kappa shape index (κ3) is 2.73. The van der Waals surface area contributed by atoms with Crippen LogP contribution in [-0.2, 0) is 0 Å². The molecule has 2 aromatic rings. The summed E-state index contributed by atoms with van der Waals surface area (Å²) in [6.45, 7) is 3.11. The Labute approximate surface area is 126 Å². The number of piperidine rings is 1. The van der Waals surface area contributed by atoms with Crippen molar-refractivity contribution in [1.82, 2.24) is 19.9 Å². The van der Waals surface area contributed by atoms with Crippen LogP contribution < -0.4 is 5.32 Å². The van der Waals surface area contributed by atoms with Crippen LogP contribution in [0.4, 0.5) is 10.6 Å². The number of hydrogen-bond acceptors (Lipinski definition) is 4. The number of rotatable bonds is 2. The maximum Gasteiger partial charge on any atom is 0.407 e. The van der Waals surface area contributed by atoms with E-state index in [1.165, 1.54) is 4.90 Å². The minimum absolute atomic E-state index is 0.00100. The lowest BCUT2D eigenvalue weighted by atomic mass is 9.93. The molecule has 2 unspecified atom stereocenters. The average molecular weight is 310 g/mol. The zero-order chi connectivity index (χ0) is 15.0. The molecule has 8 heteroatoms. The molecule has 2 atom stereocenters. The first-order valence-corrected chi connectivity index (χ1v) is 7.17. The molecule has 0 spiro atoms. The summed E-state index contributed by atoms with van der Waals surface area (Å²) in [5, 5.41) is 13.5. The molecule has 1 saturated heterocycles. The lowest BCUT2D eigenvalue weighted by Crippen LogP contribution is -2.48. The maximum absolute atomic E-state index is 11.1. The molecule has 1 aliphatic rings. The predicted octanol–water partition coefficient (Wildman–Crippen LogP) is 2.41. The number of nitrogens with one attached hydrogen (secondary N) is 2. The molecule has 7 nitrogen and oxygen atoms in total. The summed E-state index contributed by atoms with van der Waals surface area (Å²) in [4.78, 5) is 23.9. The fourth-order valence-electron chi connectivity index (χ4n) is 2.63. The Hall–Kier alpha value is -2.02. The van der Waals surface area contributed by atoms with Crippen LogP contribution in [0, 0.1) is 5.92 Å². The van der Waals surface area contributed by atoms with Gasteiger partial charge in [-0.3, -0.25) is 0 Å². The number of halogens is 1. The number of likely N-dealkylation sites (tertiary alicyclic amines) is 1. The van der Waals surface area contributed by atoms with E-state index in [-0.39, 0.29) is 11.3 Å². The largest absolute Gasteiger partial charge is 0.465 e. The topological polar surface area (TPSA) is 94.1 Å². The van der Waals surface area contributed by atoms with Gasteiger partial charge in [-0.2, -0.15) is 4.98 Å². The third-order valence-electron chi connectivity index (χ3n) is 3.94. The van der Waals surface area contributed by atoms with E-state index in [1.54, 1.807) is 6.20 Å². The summed E-state index contributed by atoms with van der Waals surface area (Å²) in [5.41, 5.74) is 0.663. The number of carbonyl (C=O) groups is 1. The van der Waals surface area contributed by atoms with E-state index in [0.29, 0.717) is 30.5 Å². The Morgan fingerprint density at radius 1 is 1.57 bits per heavy atom. The van der Waals surface area contributed by atoms with Gasteiger partial charge < -0.3 is 20.3 Å². The van der Waals surface area contributed by atoms with Crippen molar-refractivity contribution >= 4 is 34.5 Å². The monoisotopic (exact) mass is 309 g/mol. The zero-order valence-electron chi connectivity index (χ0n) is 11.5. The van der Waals surface area contributed by atoms with Gasteiger partial charge in [0.15, 0.2) is 0 Å². The molecule has 0 aromatic carbocycles. The Kier molecular flexibility index (Phi) is 3.59. The highest BCUT2D eigenvalue weighted by Crippen LogP contribution is 2.25. The van der Waals surface area contributed by atoms with Gasteiger partial charge in [-0.15, -0.1) is 0 Å². The minimum atomic E-state index is -0.888. The van der Waals surface area contributed by atoms with Crippen LogP contribution in [0.3, 0.4) is 0 Å². The van der Waals surface area contributed by atoms with Crippen molar-refractivity contribution in [2.75, 3.05) is 18.4 Å². The van der Waals surface area contributed by atoms with Gasteiger partial charge in [0.1, 0.15) is 11.5 Å². The van der Waals surface area contributed by atoms with Crippen LogP contribution in [0.15, 0.2) is 12.3 Å². The first kappa shape index (κ1) is 13.9. The van der Waals surface area contributed by atoms with E-state index in [0.717, 1.165) is 11.8 Å². The van der Waals surface area contributed by atoms with Crippen LogP contribution in [0.25, 0.3) is 11.0 Å². The summed E-state index contributed by atoms with van der Waals surface area (Å²) in [5.74, 6) is 0.985. The van der Waals surface area contributed by atoms with Gasteiger partial charge in [-0.25, -0.2) is 9.78 Å². The Morgan fingerprint density at radius 3 is 3.14 bits per heavy atom. The van der Waals surface area contributed by atoms with Crippen molar-refractivity contribution in [3.05, 3.63) is 17.5 Å². The van der Waals surface area contributed by atoms with E-state index in [9.17, 15) is 4.79 Å². The Bertz CT molecular complexity index is 674. The first-order valence-electron chi connectivity index (χ1n) is 6.79. The smallest absolute Gasteiger partial charge is 0.407 e. The summed E-state index contributed by atoms with van der Waals surface area (Å²) in [6, 6.07) is 1.87. The summed E-state index contributed by atoms with van der Waals surface area (Å²) < 4.78 is 0. The maximum atomic E-state index is 11.1.